The van der Waals surface area contributed by atoms with Crippen LogP contribution in [0.15, 0.2) is 24.3 Å². The Morgan fingerprint density at radius 1 is 1.42 bits per heavy atom. The van der Waals surface area contributed by atoms with E-state index in [0.29, 0.717) is 5.92 Å². The number of rotatable bonds is 2. The molecule has 1 nitrogen and oxygen atoms in total. The summed E-state index contributed by atoms with van der Waals surface area (Å²) in [5.74, 6) is 0.712. The molecule has 0 spiro atoms. The molecule has 0 aromatic heterocycles. The van der Waals surface area contributed by atoms with Crippen molar-refractivity contribution < 1.29 is 4.74 Å². The maximum atomic E-state index is 5.86. The van der Waals surface area contributed by atoms with Crippen LogP contribution in [-0.2, 0) is 11.2 Å². The molecule has 1 aromatic rings. The third-order valence-electron chi connectivity index (χ3n) is 2.12. The summed E-state index contributed by atoms with van der Waals surface area (Å²) in [6.07, 6.45) is 1.10. The molecule has 2 heteroatoms. The second-order valence-corrected chi connectivity index (χ2v) is 3.67. The Kier molecular flexibility index (Phi) is 2.33. The minimum Gasteiger partial charge on any atom is -0.381 e. The van der Waals surface area contributed by atoms with Crippen LogP contribution >= 0.6 is 11.6 Å². The largest absolute Gasteiger partial charge is 0.381 e. The molecule has 1 aromatic carbocycles. The van der Waals surface area contributed by atoms with Crippen LogP contribution in [0.1, 0.15) is 5.56 Å². The van der Waals surface area contributed by atoms with Gasteiger partial charge in [0.25, 0.3) is 0 Å². The van der Waals surface area contributed by atoms with Crippen molar-refractivity contribution in [2.45, 2.75) is 6.42 Å². The van der Waals surface area contributed by atoms with Crippen LogP contribution in [0.2, 0.25) is 5.02 Å². The van der Waals surface area contributed by atoms with Gasteiger partial charge in [-0.2, -0.15) is 0 Å². The molecule has 1 heterocycles. The molecule has 64 valence electrons. The van der Waals surface area contributed by atoms with Gasteiger partial charge in [0.1, 0.15) is 0 Å². The summed E-state index contributed by atoms with van der Waals surface area (Å²) >= 11 is 5.86. The molecular formula is C10H11ClO. The highest BCUT2D eigenvalue weighted by Gasteiger charge is 2.18. The molecule has 1 saturated heterocycles. The maximum absolute atomic E-state index is 5.86. The molecule has 0 N–H and O–H groups in total. The Balaban J connectivity index is 2.02. The van der Waals surface area contributed by atoms with Gasteiger partial charge in [0.2, 0.25) is 0 Å². The highest BCUT2D eigenvalue weighted by atomic mass is 35.5. The predicted octanol–water partition coefficient (Wildman–Crippen LogP) is 2.53. The van der Waals surface area contributed by atoms with Crippen LogP contribution in [-0.4, -0.2) is 13.2 Å². The van der Waals surface area contributed by atoms with Gasteiger partial charge in [0.05, 0.1) is 13.2 Å². The summed E-state index contributed by atoms with van der Waals surface area (Å²) in [5.41, 5.74) is 1.32. The first-order valence-corrected chi connectivity index (χ1v) is 4.54. The SMILES string of the molecule is Clc1cccc(CC2COC2)c1. The summed E-state index contributed by atoms with van der Waals surface area (Å²) in [5, 5.41) is 0.827. The van der Waals surface area contributed by atoms with E-state index in [0.717, 1.165) is 24.7 Å². The van der Waals surface area contributed by atoms with E-state index >= 15 is 0 Å². The lowest BCUT2D eigenvalue weighted by molar-refractivity contribution is -0.0312. The van der Waals surface area contributed by atoms with Crippen LogP contribution in [0.25, 0.3) is 0 Å². The first-order valence-electron chi connectivity index (χ1n) is 4.17. The topological polar surface area (TPSA) is 9.23 Å². The van der Waals surface area contributed by atoms with Gasteiger partial charge in [-0.15, -0.1) is 0 Å². The molecule has 0 aliphatic carbocycles. The minimum atomic E-state index is 0.712. The molecule has 0 atom stereocenters. The standard InChI is InChI=1S/C10H11ClO/c11-10-3-1-2-8(5-10)4-9-6-12-7-9/h1-3,5,9H,4,6-7H2. The molecule has 0 radical (unpaired) electrons. The van der Waals surface area contributed by atoms with E-state index in [9.17, 15) is 0 Å². The van der Waals surface area contributed by atoms with Crippen molar-refractivity contribution in [2.24, 2.45) is 5.92 Å². The lowest BCUT2D eigenvalue weighted by Gasteiger charge is -2.25. The Morgan fingerprint density at radius 2 is 2.25 bits per heavy atom. The second kappa shape index (κ2) is 3.46. The summed E-state index contributed by atoms with van der Waals surface area (Å²) in [4.78, 5) is 0. The van der Waals surface area contributed by atoms with E-state index in [1.54, 1.807) is 0 Å². The van der Waals surface area contributed by atoms with Crippen molar-refractivity contribution >= 4 is 11.6 Å². The fourth-order valence-electron chi connectivity index (χ4n) is 1.40. The lowest BCUT2D eigenvalue weighted by Crippen LogP contribution is -2.29. The van der Waals surface area contributed by atoms with E-state index < -0.39 is 0 Å². The van der Waals surface area contributed by atoms with Gasteiger partial charge in [-0.1, -0.05) is 23.7 Å². The molecule has 0 unspecified atom stereocenters. The van der Waals surface area contributed by atoms with Crippen molar-refractivity contribution in [1.29, 1.82) is 0 Å². The number of hydrogen-bond donors (Lipinski definition) is 0. The maximum Gasteiger partial charge on any atom is 0.0519 e. The van der Waals surface area contributed by atoms with Crippen LogP contribution in [0.3, 0.4) is 0 Å². The molecule has 0 bridgehead atoms. The summed E-state index contributed by atoms with van der Waals surface area (Å²) < 4.78 is 5.10. The minimum absolute atomic E-state index is 0.712. The normalized spacial score (nSPS) is 17.4. The average molecular weight is 183 g/mol. The monoisotopic (exact) mass is 182 g/mol. The number of benzene rings is 1. The molecule has 1 aliphatic rings. The molecule has 0 amide bonds. The zero-order valence-corrected chi connectivity index (χ0v) is 7.55. The Morgan fingerprint density at radius 3 is 2.83 bits per heavy atom. The Bertz CT molecular complexity index is 268. The van der Waals surface area contributed by atoms with Gasteiger partial charge < -0.3 is 4.74 Å². The van der Waals surface area contributed by atoms with Crippen molar-refractivity contribution in [3.8, 4) is 0 Å². The molecule has 1 aliphatic heterocycles. The number of hydrogen-bond acceptors (Lipinski definition) is 1. The van der Waals surface area contributed by atoms with Crippen LogP contribution in [0, 0.1) is 5.92 Å². The van der Waals surface area contributed by atoms with E-state index in [1.807, 2.05) is 18.2 Å². The Labute approximate surface area is 77.3 Å². The zero-order chi connectivity index (χ0) is 8.39. The van der Waals surface area contributed by atoms with Crippen molar-refractivity contribution in [3.63, 3.8) is 0 Å². The summed E-state index contributed by atoms with van der Waals surface area (Å²) in [6, 6.07) is 8.05. The van der Waals surface area contributed by atoms with E-state index in [4.69, 9.17) is 16.3 Å². The van der Waals surface area contributed by atoms with E-state index in [1.165, 1.54) is 5.56 Å². The van der Waals surface area contributed by atoms with Crippen LogP contribution < -0.4 is 0 Å². The van der Waals surface area contributed by atoms with Crippen molar-refractivity contribution in [2.75, 3.05) is 13.2 Å². The third-order valence-corrected chi connectivity index (χ3v) is 2.36. The molecular weight excluding hydrogens is 172 g/mol. The fraction of sp³-hybridized carbons (Fsp3) is 0.400. The number of halogens is 1. The molecule has 12 heavy (non-hydrogen) atoms. The van der Waals surface area contributed by atoms with Gasteiger partial charge in [-0.3, -0.25) is 0 Å². The van der Waals surface area contributed by atoms with Crippen LogP contribution in [0.5, 0.6) is 0 Å². The highest BCUT2D eigenvalue weighted by molar-refractivity contribution is 6.30. The van der Waals surface area contributed by atoms with E-state index in [2.05, 4.69) is 6.07 Å². The predicted molar refractivity (Wildman–Crippen MR) is 49.5 cm³/mol. The summed E-state index contributed by atoms with van der Waals surface area (Å²) in [7, 11) is 0. The summed E-state index contributed by atoms with van der Waals surface area (Å²) in [6.45, 7) is 1.82. The molecule has 0 saturated carbocycles. The van der Waals surface area contributed by atoms with Gasteiger partial charge in [0.15, 0.2) is 0 Å². The average Bonchev–Trinajstić information content (AvgIpc) is 1.97. The molecule has 1 fully saturated rings. The first-order chi connectivity index (χ1) is 5.84. The van der Waals surface area contributed by atoms with Gasteiger partial charge in [-0.05, 0) is 24.1 Å². The zero-order valence-electron chi connectivity index (χ0n) is 6.79. The van der Waals surface area contributed by atoms with Crippen molar-refractivity contribution in [3.05, 3.63) is 34.9 Å². The Hall–Kier alpha value is -0.530. The van der Waals surface area contributed by atoms with Gasteiger partial charge in [0, 0.05) is 10.9 Å². The highest BCUT2D eigenvalue weighted by Crippen LogP contribution is 2.18. The van der Waals surface area contributed by atoms with E-state index in [-0.39, 0.29) is 0 Å². The number of ether oxygens (including phenoxy) is 1. The molecule has 2 rings (SSSR count). The quantitative estimate of drug-likeness (QED) is 0.683. The third kappa shape index (κ3) is 1.79. The fourth-order valence-corrected chi connectivity index (χ4v) is 1.61. The smallest absolute Gasteiger partial charge is 0.0519 e. The van der Waals surface area contributed by atoms with Crippen LogP contribution in [0.4, 0.5) is 0 Å². The van der Waals surface area contributed by atoms with Gasteiger partial charge >= 0.3 is 0 Å². The first kappa shape index (κ1) is 8.09. The lowest BCUT2D eigenvalue weighted by atomic mass is 9.98. The van der Waals surface area contributed by atoms with Gasteiger partial charge in [-0.25, -0.2) is 0 Å². The second-order valence-electron chi connectivity index (χ2n) is 3.24. The van der Waals surface area contributed by atoms with Crippen molar-refractivity contribution in [1.82, 2.24) is 0 Å².